The first-order valence-corrected chi connectivity index (χ1v) is 7.28. The molecule has 0 atom stereocenters. The number of nitrogens with zero attached hydrogens (tertiary/aromatic N) is 2. The van der Waals surface area contributed by atoms with Crippen molar-refractivity contribution in [3.8, 4) is 0 Å². The van der Waals surface area contributed by atoms with E-state index in [2.05, 4.69) is 5.10 Å². The summed E-state index contributed by atoms with van der Waals surface area (Å²) >= 11 is 0. The summed E-state index contributed by atoms with van der Waals surface area (Å²) < 4.78 is 37.1. The molecule has 1 saturated heterocycles. The molecule has 0 saturated carbocycles. The number of hydrogen-bond acceptors (Lipinski definition) is 4. The summed E-state index contributed by atoms with van der Waals surface area (Å²) in [6.07, 6.45) is 2.13. The van der Waals surface area contributed by atoms with E-state index >= 15 is 0 Å². The number of halogens is 1. The van der Waals surface area contributed by atoms with Crippen LogP contribution in [0.2, 0.25) is 0 Å². The van der Waals surface area contributed by atoms with Crippen LogP contribution >= 0.6 is 0 Å². The van der Waals surface area contributed by atoms with Crippen LogP contribution in [0.25, 0.3) is 0 Å². The Labute approximate surface area is 103 Å². The van der Waals surface area contributed by atoms with Crippen LogP contribution in [0.1, 0.15) is 19.3 Å². The Morgan fingerprint density at radius 3 is 2.56 bits per heavy atom. The zero-order chi connectivity index (χ0) is 13.4. The molecular formula is C10H13FN2O4S. The Morgan fingerprint density at radius 1 is 1.50 bits per heavy atom. The van der Waals surface area contributed by atoms with Crippen molar-refractivity contribution in [2.75, 3.05) is 11.5 Å². The Balaban J connectivity index is 2.33. The number of rotatable bonds is 3. The van der Waals surface area contributed by atoms with E-state index in [9.17, 15) is 17.6 Å². The minimum absolute atomic E-state index is 0.0955. The molecular weight excluding hydrogens is 263 g/mol. The van der Waals surface area contributed by atoms with Gasteiger partial charge in [0.2, 0.25) is 0 Å². The molecule has 1 aliphatic heterocycles. The third-order valence-electron chi connectivity index (χ3n) is 3.27. The normalized spacial score (nSPS) is 21.6. The van der Waals surface area contributed by atoms with Gasteiger partial charge in [-0.05, 0) is 12.8 Å². The van der Waals surface area contributed by atoms with E-state index in [0.717, 1.165) is 12.4 Å². The molecule has 0 radical (unpaired) electrons. The van der Waals surface area contributed by atoms with Gasteiger partial charge in [0.25, 0.3) is 0 Å². The molecule has 18 heavy (non-hydrogen) atoms. The Hall–Kier alpha value is -1.44. The van der Waals surface area contributed by atoms with Gasteiger partial charge in [-0.3, -0.25) is 9.48 Å². The lowest BCUT2D eigenvalue weighted by molar-refractivity contribution is -0.139. The van der Waals surface area contributed by atoms with Crippen molar-refractivity contribution >= 4 is 15.8 Å². The number of carboxylic acid groups (broad SMARTS) is 1. The molecule has 0 amide bonds. The van der Waals surface area contributed by atoms with Gasteiger partial charge in [-0.15, -0.1) is 0 Å². The van der Waals surface area contributed by atoms with Gasteiger partial charge in [0.05, 0.1) is 35.9 Å². The van der Waals surface area contributed by atoms with Gasteiger partial charge >= 0.3 is 5.97 Å². The lowest BCUT2D eigenvalue weighted by atomic mass is 9.88. The Bertz CT molecular complexity index is 552. The SMILES string of the molecule is O=C(O)CC1(n2cc(F)cn2)CCS(=O)(=O)CC1. The standard InChI is InChI=1S/C10H13FN2O4S/c11-8-6-12-13(7-8)10(5-9(14)15)1-3-18(16,17)4-2-10/h6-7H,1-5H2,(H,14,15). The average molecular weight is 276 g/mol. The first-order valence-electron chi connectivity index (χ1n) is 5.46. The molecule has 100 valence electrons. The zero-order valence-electron chi connectivity index (χ0n) is 9.54. The van der Waals surface area contributed by atoms with E-state index in [1.165, 1.54) is 4.68 Å². The van der Waals surface area contributed by atoms with Crippen LogP contribution in [-0.4, -0.2) is 40.8 Å². The van der Waals surface area contributed by atoms with Crippen LogP contribution in [0.5, 0.6) is 0 Å². The van der Waals surface area contributed by atoms with Crippen LogP contribution < -0.4 is 0 Å². The molecule has 8 heteroatoms. The van der Waals surface area contributed by atoms with E-state index in [0.29, 0.717) is 0 Å². The Kier molecular flexibility index (Phi) is 3.14. The molecule has 1 aromatic heterocycles. The largest absolute Gasteiger partial charge is 0.481 e. The lowest BCUT2D eigenvalue weighted by Crippen LogP contribution is -2.43. The van der Waals surface area contributed by atoms with Crippen LogP contribution in [-0.2, 0) is 20.2 Å². The number of carboxylic acids is 1. The van der Waals surface area contributed by atoms with E-state index in [4.69, 9.17) is 5.11 Å². The third-order valence-corrected chi connectivity index (χ3v) is 4.93. The smallest absolute Gasteiger partial charge is 0.305 e. The maximum atomic E-state index is 13.0. The highest BCUT2D eigenvalue weighted by Crippen LogP contribution is 2.34. The zero-order valence-corrected chi connectivity index (χ0v) is 10.4. The van der Waals surface area contributed by atoms with E-state index in [1.807, 2.05) is 0 Å². The van der Waals surface area contributed by atoms with Crippen molar-refractivity contribution in [3.63, 3.8) is 0 Å². The molecule has 1 aromatic rings. The predicted molar refractivity (Wildman–Crippen MR) is 60.3 cm³/mol. The molecule has 1 fully saturated rings. The maximum absolute atomic E-state index is 13.0. The molecule has 0 aromatic carbocycles. The second kappa shape index (κ2) is 4.34. The third kappa shape index (κ3) is 2.53. The summed E-state index contributed by atoms with van der Waals surface area (Å²) in [6, 6.07) is 0. The molecule has 0 aliphatic carbocycles. The van der Waals surface area contributed by atoms with Crippen LogP contribution in [0.15, 0.2) is 12.4 Å². The van der Waals surface area contributed by atoms with E-state index in [1.54, 1.807) is 0 Å². The minimum Gasteiger partial charge on any atom is -0.481 e. The molecule has 1 N–H and O–H groups in total. The Morgan fingerprint density at radius 2 is 2.11 bits per heavy atom. The van der Waals surface area contributed by atoms with E-state index in [-0.39, 0.29) is 30.8 Å². The van der Waals surface area contributed by atoms with E-state index < -0.39 is 27.2 Å². The van der Waals surface area contributed by atoms with Gasteiger partial charge in [-0.25, -0.2) is 12.8 Å². The van der Waals surface area contributed by atoms with Gasteiger partial charge in [0.15, 0.2) is 15.7 Å². The van der Waals surface area contributed by atoms with Crippen molar-refractivity contribution in [3.05, 3.63) is 18.2 Å². The first-order chi connectivity index (χ1) is 8.33. The van der Waals surface area contributed by atoms with Crippen LogP contribution in [0, 0.1) is 5.82 Å². The molecule has 0 unspecified atom stereocenters. The predicted octanol–water partition coefficient (Wildman–Crippen LogP) is 0.401. The average Bonchev–Trinajstić information content (AvgIpc) is 2.69. The number of aromatic nitrogens is 2. The highest BCUT2D eigenvalue weighted by molar-refractivity contribution is 7.91. The fraction of sp³-hybridized carbons (Fsp3) is 0.600. The number of hydrogen-bond donors (Lipinski definition) is 1. The molecule has 6 nitrogen and oxygen atoms in total. The number of sulfone groups is 1. The van der Waals surface area contributed by atoms with Gasteiger partial charge in [-0.1, -0.05) is 0 Å². The summed E-state index contributed by atoms with van der Waals surface area (Å²) in [5, 5.41) is 12.7. The number of carbonyl (C=O) groups is 1. The molecule has 0 bridgehead atoms. The molecule has 2 rings (SSSR count). The summed E-state index contributed by atoms with van der Waals surface area (Å²) in [7, 11) is -3.12. The molecule has 2 heterocycles. The van der Waals surface area contributed by atoms with Gasteiger partial charge in [-0.2, -0.15) is 5.10 Å². The second-order valence-corrected chi connectivity index (χ2v) is 6.85. The van der Waals surface area contributed by atoms with Crippen molar-refractivity contribution in [1.82, 2.24) is 9.78 Å². The highest BCUT2D eigenvalue weighted by Gasteiger charge is 2.41. The van der Waals surface area contributed by atoms with Crippen molar-refractivity contribution in [2.45, 2.75) is 24.8 Å². The van der Waals surface area contributed by atoms with Gasteiger partial charge in [0.1, 0.15) is 0 Å². The van der Waals surface area contributed by atoms with Gasteiger partial charge < -0.3 is 5.11 Å². The summed E-state index contributed by atoms with van der Waals surface area (Å²) in [4.78, 5) is 10.9. The first kappa shape index (κ1) is 13.0. The fourth-order valence-corrected chi connectivity index (χ4v) is 3.83. The summed E-state index contributed by atoms with van der Waals surface area (Å²) in [6.45, 7) is 0. The topological polar surface area (TPSA) is 89.3 Å². The maximum Gasteiger partial charge on any atom is 0.305 e. The quantitative estimate of drug-likeness (QED) is 0.863. The van der Waals surface area contributed by atoms with Gasteiger partial charge in [0, 0.05) is 0 Å². The molecule has 0 spiro atoms. The lowest BCUT2D eigenvalue weighted by Gasteiger charge is -2.36. The highest BCUT2D eigenvalue weighted by atomic mass is 32.2. The second-order valence-electron chi connectivity index (χ2n) is 4.55. The van der Waals surface area contributed by atoms with Crippen molar-refractivity contribution in [1.29, 1.82) is 0 Å². The van der Waals surface area contributed by atoms with Crippen molar-refractivity contribution in [2.24, 2.45) is 0 Å². The van der Waals surface area contributed by atoms with Crippen LogP contribution in [0.3, 0.4) is 0 Å². The summed E-state index contributed by atoms with van der Waals surface area (Å²) in [5.41, 5.74) is -0.943. The number of aliphatic carboxylic acids is 1. The monoisotopic (exact) mass is 276 g/mol. The van der Waals surface area contributed by atoms with Crippen LogP contribution in [0.4, 0.5) is 4.39 Å². The van der Waals surface area contributed by atoms with Crippen molar-refractivity contribution < 1.29 is 22.7 Å². The fourth-order valence-electron chi connectivity index (χ4n) is 2.25. The summed E-state index contributed by atoms with van der Waals surface area (Å²) in [5.74, 6) is -1.80. The molecule has 1 aliphatic rings. The minimum atomic E-state index is -3.12.